The Bertz CT molecular complexity index is 8.88. The molecule has 0 spiro atoms. The van der Waals surface area contributed by atoms with Gasteiger partial charge < -0.3 is 38.3 Å². The molecule has 9 heteroatoms. The molecule has 0 aromatic rings. The molecule has 7 nitrogen and oxygen atoms in total. The smallest absolute Gasteiger partial charge is 0.870 e. The normalized spacial score (nSPS) is 0. The van der Waals surface area contributed by atoms with Gasteiger partial charge in [-0.2, -0.15) is 0 Å². The standard InChI is InChI=1S/Al.7H2O.Sn/h;7*1H2;/q+3;;;;;;;;+4/p-7. The topological polar surface area (TPSA) is 210 Å². The molecule has 0 atom stereocenters. The van der Waals surface area contributed by atoms with E-state index in [1.54, 1.807) is 0 Å². The van der Waals surface area contributed by atoms with Crippen LogP contribution in [0.15, 0.2) is 0 Å². The quantitative estimate of drug-likeness (QED) is 0.448. The summed E-state index contributed by atoms with van der Waals surface area (Å²) in [6.45, 7) is 0. The fourth-order valence-corrected chi connectivity index (χ4v) is 0. The Morgan fingerprint density at radius 3 is 0.333 bits per heavy atom. The molecule has 56 valence electrons. The van der Waals surface area contributed by atoms with Gasteiger partial charge in [0.15, 0.2) is 0 Å². The SMILES string of the molecule is [Al+3].[OH-].[OH-].[OH-].[OH-].[OH-].[OH-].[OH-].[Sn+4]. The van der Waals surface area contributed by atoms with Crippen LogP contribution < -0.4 is 0 Å². The van der Waals surface area contributed by atoms with Gasteiger partial charge in [-0.3, -0.25) is 0 Å². The first kappa shape index (κ1) is 745. The van der Waals surface area contributed by atoms with Crippen molar-refractivity contribution in [3.8, 4) is 0 Å². The van der Waals surface area contributed by atoms with Crippen molar-refractivity contribution >= 4 is 41.3 Å². The maximum Gasteiger partial charge on any atom is 4.00 e. The zero-order valence-corrected chi connectivity index (χ0v) is 8.22. The Labute approximate surface area is 79.7 Å². The first-order chi connectivity index (χ1) is 0. The predicted octanol–water partition coefficient (Wildman–Crippen LogP) is -2.00. The van der Waals surface area contributed by atoms with Crippen LogP contribution in [0.3, 0.4) is 0 Å². The van der Waals surface area contributed by atoms with Crippen LogP contribution in [0.1, 0.15) is 0 Å². The van der Waals surface area contributed by atoms with E-state index in [1.165, 1.54) is 0 Å². The van der Waals surface area contributed by atoms with Crippen LogP contribution in [0.2, 0.25) is 0 Å². The summed E-state index contributed by atoms with van der Waals surface area (Å²) < 4.78 is 0. The average Bonchev–Trinajstić information content (AvgIpc) is 0. The summed E-state index contributed by atoms with van der Waals surface area (Å²) in [5.74, 6) is 0. The van der Waals surface area contributed by atoms with E-state index in [0.29, 0.717) is 0 Å². The van der Waals surface area contributed by atoms with E-state index in [4.69, 9.17) is 0 Å². The number of hydrogen-bond donors (Lipinski definition) is 0. The van der Waals surface area contributed by atoms with Crippen LogP contribution >= 0.6 is 0 Å². The monoisotopic (exact) mass is 266 g/mol. The first-order valence-corrected chi connectivity index (χ1v) is 0. The van der Waals surface area contributed by atoms with E-state index in [0.717, 1.165) is 0 Å². The van der Waals surface area contributed by atoms with Crippen molar-refractivity contribution in [2.75, 3.05) is 0 Å². The number of hydrogen-bond acceptors (Lipinski definition) is 7. The van der Waals surface area contributed by atoms with Gasteiger partial charge in [0.05, 0.1) is 0 Å². The maximum atomic E-state index is 0. The summed E-state index contributed by atoms with van der Waals surface area (Å²) >= 11 is 0. The van der Waals surface area contributed by atoms with Crippen LogP contribution in [0.25, 0.3) is 0 Å². The summed E-state index contributed by atoms with van der Waals surface area (Å²) in [5, 5.41) is 0. The molecule has 0 heterocycles. The molecule has 0 radical (unpaired) electrons. The second-order valence-electron chi connectivity index (χ2n) is 0. The molecule has 0 fully saturated rings. The van der Waals surface area contributed by atoms with E-state index in [9.17, 15) is 0 Å². The first-order valence-electron chi connectivity index (χ1n) is 0. The molecule has 0 aliphatic heterocycles. The summed E-state index contributed by atoms with van der Waals surface area (Å²) in [6.07, 6.45) is 0. The molecule has 0 bridgehead atoms. The van der Waals surface area contributed by atoms with Gasteiger partial charge in [-0.25, -0.2) is 0 Å². The van der Waals surface area contributed by atoms with Gasteiger partial charge in [0.1, 0.15) is 0 Å². The van der Waals surface area contributed by atoms with E-state index >= 15 is 0 Å². The molecule has 7 N–H and O–H groups in total. The minimum atomic E-state index is 0. The zero-order valence-electron chi connectivity index (χ0n) is 4.21. The third-order valence-electron chi connectivity index (χ3n) is 0. The summed E-state index contributed by atoms with van der Waals surface area (Å²) in [7, 11) is 0. The maximum absolute atomic E-state index is 0. The molecule has 0 aliphatic carbocycles. The van der Waals surface area contributed by atoms with Crippen molar-refractivity contribution in [1.82, 2.24) is 0 Å². The second-order valence-corrected chi connectivity index (χ2v) is 0. The molecule has 0 unspecified atom stereocenters. The minimum absolute atomic E-state index is 0. The largest absolute Gasteiger partial charge is 4.00 e. The van der Waals surface area contributed by atoms with Crippen LogP contribution in [0.4, 0.5) is 0 Å². The average molecular weight is 265 g/mol. The Morgan fingerprint density at radius 1 is 0.333 bits per heavy atom. The fraction of sp³-hybridized carbons (Fsp3) is 0. The van der Waals surface area contributed by atoms with Gasteiger partial charge in [-0.1, -0.05) is 0 Å². The van der Waals surface area contributed by atoms with Crippen molar-refractivity contribution in [2.24, 2.45) is 0 Å². The molecule has 9 heavy (non-hydrogen) atoms. The minimum Gasteiger partial charge on any atom is -0.870 e. The van der Waals surface area contributed by atoms with Gasteiger partial charge >= 0.3 is 41.3 Å². The summed E-state index contributed by atoms with van der Waals surface area (Å²) in [5.41, 5.74) is 0. The third-order valence-corrected chi connectivity index (χ3v) is 0. The zero-order chi connectivity index (χ0) is 0. The van der Waals surface area contributed by atoms with Gasteiger partial charge in [0, 0.05) is 0 Å². The Balaban J connectivity index is 0. The third kappa shape index (κ3) is 407. The molecule has 0 aromatic heterocycles. The Kier molecular flexibility index (Phi) is 44000. The fourth-order valence-electron chi connectivity index (χ4n) is 0. The molecule has 0 aliphatic rings. The second kappa shape index (κ2) is 531. The van der Waals surface area contributed by atoms with Gasteiger partial charge in [0.2, 0.25) is 0 Å². The Morgan fingerprint density at radius 2 is 0.333 bits per heavy atom. The van der Waals surface area contributed by atoms with Crippen molar-refractivity contribution in [3.63, 3.8) is 0 Å². The van der Waals surface area contributed by atoms with Crippen molar-refractivity contribution in [1.29, 1.82) is 0 Å². The van der Waals surface area contributed by atoms with E-state index < -0.39 is 0 Å². The summed E-state index contributed by atoms with van der Waals surface area (Å²) in [4.78, 5) is 0. The summed E-state index contributed by atoms with van der Waals surface area (Å²) in [6, 6.07) is 0. The Hall–Kier alpha value is 1.05. The molecule has 0 aromatic carbocycles. The van der Waals surface area contributed by atoms with Crippen LogP contribution in [0, 0.1) is 0 Å². The van der Waals surface area contributed by atoms with E-state index in [2.05, 4.69) is 0 Å². The van der Waals surface area contributed by atoms with Crippen LogP contribution in [0.5, 0.6) is 0 Å². The molecular formula is H7AlO7Sn. The molecule has 0 saturated carbocycles. The predicted molar refractivity (Wildman–Crippen MR) is 25.1 cm³/mol. The van der Waals surface area contributed by atoms with Crippen LogP contribution in [-0.2, 0) is 0 Å². The van der Waals surface area contributed by atoms with Crippen molar-refractivity contribution in [2.45, 2.75) is 0 Å². The van der Waals surface area contributed by atoms with E-state index in [1.807, 2.05) is 0 Å². The van der Waals surface area contributed by atoms with Crippen LogP contribution in [-0.4, -0.2) is 79.6 Å². The van der Waals surface area contributed by atoms with Gasteiger partial charge in [-0.15, -0.1) is 0 Å². The molecule has 0 rings (SSSR count). The number of rotatable bonds is 0. The molecule has 0 saturated heterocycles. The van der Waals surface area contributed by atoms with Gasteiger partial charge in [0.25, 0.3) is 0 Å². The molecular weight excluding hydrogens is 258 g/mol. The van der Waals surface area contributed by atoms with E-state index in [-0.39, 0.29) is 79.6 Å². The van der Waals surface area contributed by atoms with Gasteiger partial charge in [-0.05, 0) is 0 Å². The van der Waals surface area contributed by atoms with Crippen molar-refractivity contribution in [3.05, 3.63) is 0 Å². The van der Waals surface area contributed by atoms with Crippen molar-refractivity contribution < 1.29 is 38.3 Å². The molecule has 0 amide bonds.